The van der Waals surface area contributed by atoms with E-state index < -0.39 is 24.1 Å². The molecule has 2 rings (SSSR count). The van der Waals surface area contributed by atoms with Crippen molar-refractivity contribution in [1.29, 1.82) is 0 Å². The predicted octanol–water partition coefficient (Wildman–Crippen LogP) is 0.916. The highest BCUT2D eigenvalue weighted by molar-refractivity contribution is 5.88. The second-order valence-corrected chi connectivity index (χ2v) is 7.40. The lowest BCUT2D eigenvalue weighted by molar-refractivity contribution is -0.128. The standard InChI is InChI=1S/C21H29N3O6/c1-14(2)29-13-18(24-21(28)30-12-15-6-4-3-5-7-15)20(27)23-17(11-25)10-16-8-9-22-19(16)26/h3-7,11,14,16-18H,8-10,12-13H2,1-2H3,(H,22,26)(H,23,27)(H,24,28)/t16-,17-,18-/m0/s1. The van der Waals surface area contributed by atoms with Gasteiger partial charge in [0.2, 0.25) is 11.8 Å². The normalized spacial score (nSPS) is 17.7. The molecule has 1 fully saturated rings. The van der Waals surface area contributed by atoms with Crippen LogP contribution in [0.15, 0.2) is 30.3 Å². The highest BCUT2D eigenvalue weighted by Gasteiger charge is 2.30. The molecule has 0 aromatic heterocycles. The summed E-state index contributed by atoms with van der Waals surface area (Å²) in [6.45, 7) is 4.13. The highest BCUT2D eigenvalue weighted by Crippen LogP contribution is 2.15. The third-order valence-electron chi connectivity index (χ3n) is 4.61. The van der Waals surface area contributed by atoms with E-state index in [1.165, 1.54) is 0 Å². The molecule has 3 N–H and O–H groups in total. The van der Waals surface area contributed by atoms with Crippen molar-refractivity contribution in [3.63, 3.8) is 0 Å². The number of ether oxygens (including phenoxy) is 2. The maximum absolute atomic E-state index is 12.7. The van der Waals surface area contributed by atoms with E-state index in [1.807, 2.05) is 30.3 Å². The topological polar surface area (TPSA) is 123 Å². The van der Waals surface area contributed by atoms with Gasteiger partial charge in [-0.2, -0.15) is 0 Å². The molecule has 0 radical (unpaired) electrons. The predicted molar refractivity (Wildman–Crippen MR) is 108 cm³/mol. The zero-order chi connectivity index (χ0) is 21.9. The number of amides is 3. The van der Waals surface area contributed by atoms with Crippen LogP contribution in [0.5, 0.6) is 0 Å². The van der Waals surface area contributed by atoms with Gasteiger partial charge in [-0.05, 0) is 32.3 Å². The molecule has 0 bridgehead atoms. The molecule has 1 aliphatic heterocycles. The molecule has 1 aliphatic rings. The summed E-state index contributed by atoms with van der Waals surface area (Å²) < 4.78 is 10.6. The van der Waals surface area contributed by atoms with Gasteiger partial charge in [-0.15, -0.1) is 0 Å². The molecular weight excluding hydrogens is 390 g/mol. The van der Waals surface area contributed by atoms with Crippen LogP contribution in [0, 0.1) is 5.92 Å². The zero-order valence-corrected chi connectivity index (χ0v) is 17.3. The van der Waals surface area contributed by atoms with Gasteiger partial charge in [0, 0.05) is 12.5 Å². The summed E-state index contributed by atoms with van der Waals surface area (Å²) in [7, 11) is 0. The second kappa shape index (κ2) is 11.9. The van der Waals surface area contributed by atoms with E-state index in [-0.39, 0.29) is 37.6 Å². The molecule has 0 spiro atoms. The lowest BCUT2D eigenvalue weighted by Gasteiger charge is -2.22. The number of rotatable bonds is 11. The second-order valence-electron chi connectivity index (χ2n) is 7.40. The number of carbonyl (C=O) groups is 4. The first-order chi connectivity index (χ1) is 14.4. The van der Waals surface area contributed by atoms with Crippen LogP contribution in [0.25, 0.3) is 0 Å². The molecule has 0 saturated carbocycles. The fourth-order valence-corrected chi connectivity index (χ4v) is 2.99. The molecule has 9 nitrogen and oxygen atoms in total. The minimum absolute atomic E-state index is 0.0554. The first-order valence-corrected chi connectivity index (χ1v) is 10.0. The average molecular weight is 419 g/mol. The van der Waals surface area contributed by atoms with Crippen molar-refractivity contribution >= 4 is 24.2 Å². The molecule has 1 heterocycles. The fraction of sp³-hybridized carbons (Fsp3) is 0.524. The van der Waals surface area contributed by atoms with Gasteiger partial charge < -0.3 is 30.2 Å². The summed E-state index contributed by atoms with van der Waals surface area (Å²) in [5.74, 6) is -1.03. The fourth-order valence-electron chi connectivity index (χ4n) is 2.99. The Balaban J connectivity index is 1.92. The van der Waals surface area contributed by atoms with Crippen LogP contribution < -0.4 is 16.0 Å². The summed E-state index contributed by atoms with van der Waals surface area (Å²) in [4.78, 5) is 48.0. The minimum Gasteiger partial charge on any atom is -0.445 e. The minimum atomic E-state index is -1.05. The van der Waals surface area contributed by atoms with Crippen LogP contribution in [-0.2, 0) is 30.5 Å². The SMILES string of the molecule is CC(C)OC[C@H](NC(=O)OCc1ccccc1)C(=O)N[C@H](C=O)C[C@@H]1CCNC1=O. The van der Waals surface area contributed by atoms with E-state index in [4.69, 9.17) is 9.47 Å². The largest absolute Gasteiger partial charge is 0.445 e. The summed E-state index contributed by atoms with van der Waals surface area (Å²) in [6.07, 6.45) is 0.480. The number of aldehydes is 1. The summed E-state index contributed by atoms with van der Waals surface area (Å²) in [5, 5.41) is 7.76. The van der Waals surface area contributed by atoms with Crippen molar-refractivity contribution in [2.24, 2.45) is 5.92 Å². The van der Waals surface area contributed by atoms with Gasteiger partial charge in [-0.1, -0.05) is 30.3 Å². The monoisotopic (exact) mass is 419 g/mol. The maximum atomic E-state index is 12.7. The van der Waals surface area contributed by atoms with E-state index in [9.17, 15) is 19.2 Å². The molecule has 1 aromatic carbocycles. The number of carbonyl (C=O) groups excluding carboxylic acids is 4. The summed E-state index contributed by atoms with van der Waals surface area (Å²) in [6, 6.07) is 7.25. The molecule has 9 heteroatoms. The van der Waals surface area contributed by atoms with Crippen LogP contribution in [0.4, 0.5) is 4.79 Å². The zero-order valence-electron chi connectivity index (χ0n) is 17.3. The number of benzene rings is 1. The Morgan fingerprint density at radius 1 is 1.23 bits per heavy atom. The Bertz CT molecular complexity index is 725. The van der Waals surface area contributed by atoms with Crippen molar-refractivity contribution < 1.29 is 28.7 Å². The average Bonchev–Trinajstić information content (AvgIpc) is 3.13. The Hall–Kier alpha value is -2.94. The van der Waals surface area contributed by atoms with Crippen LogP contribution in [-0.4, -0.2) is 55.5 Å². The van der Waals surface area contributed by atoms with Crippen LogP contribution in [0.1, 0.15) is 32.3 Å². The first-order valence-electron chi connectivity index (χ1n) is 10.0. The summed E-state index contributed by atoms with van der Waals surface area (Å²) in [5.41, 5.74) is 0.808. The Kier molecular flexibility index (Phi) is 9.27. The number of hydrogen-bond acceptors (Lipinski definition) is 6. The molecule has 30 heavy (non-hydrogen) atoms. The van der Waals surface area contributed by atoms with Crippen molar-refractivity contribution in [1.82, 2.24) is 16.0 Å². The number of alkyl carbamates (subject to hydrolysis) is 1. The van der Waals surface area contributed by atoms with E-state index >= 15 is 0 Å². The number of hydrogen-bond donors (Lipinski definition) is 3. The molecular formula is C21H29N3O6. The molecule has 1 aromatic rings. The molecule has 1 saturated heterocycles. The van der Waals surface area contributed by atoms with Crippen LogP contribution in [0.2, 0.25) is 0 Å². The van der Waals surface area contributed by atoms with Crippen LogP contribution in [0.3, 0.4) is 0 Å². The van der Waals surface area contributed by atoms with Gasteiger partial charge in [0.1, 0.15) is 18.9 Å². The molecule has 3 amide bonds. The van der Waals surface area contributed by atoms with Gasteiger partial charge in [0.15, 0.2) is 0 Å². The van der Waals surface area contributed by atoms with Crippen molar-refractivity contribution in [3.05, 3.63) is 35.9 Å². The van der Waals surface area contributed by atoms with Gasteiger partial charge >= 0.3 is 6.09 Å². The van der Waals surface area contributed by atoms with Gasteiger partial charge in [-0.25, -0.2) is 4.79 Å². The molecule has 0 unspecified atom stereocenters. The van der Waals surface area contributed by atoms with E-state index in [0.717, 1.165) is 5.56 Å². The van der Waals surface area contributed by atoms with Gasteiger partial charge in [0.05, 0.1) is 18.8 Å². The maximum Gasteiger partial charge on any atom is 0.408 e. The smallest absolute Gasteiger partial charge is 0.408 e. The highest BCUT2D eigenvalue weighted by atomic mass is 16.5. The molecule has 164 valence electrons. The van der Waals surface area contributed by atoms with E-state index in [1.54, 1.807) is 13.8 Å². The van der Waals surface area contributed by atoms with Crippen molar-refractivity contribution in [3.8, 4) is 0 Å². The Morgan fingerprint density at radius 2 is 1.97 bits per heavy atom. The van der Waals surface area contributed by atoms with Crippen molar-refractivity contribution in [2.75, 3.05) is 13.2 Å². The quantitative estimate of drug-likeness (QED) is 0.458. The lowest BCUT2D eigenvalue weighted by Crippen LogP contribution is -2.53. The Labute approximate surface area is 175 Å². The third-order valence-corrected chi connectivity index (χ3v) is 4.61. The van der Waals surface area contributed by atoms with E-state index in [0.29, 0.717) is 19.3 Å². The van der Waals surface area contributed by atoms with E-state index in [2.05, 4.69) is 16.0 Å². The van der Waals surface area contributed by atoms with Gasteiger partial charge in [-0.3, -0.25) is 9.59 Å². The summed E-state index contributed by atoms with van der Waals surface area (Å²) >= 11 is 0. The van der Waals surface area contributed by atoms with Crippen LogP contribution >= 0.6 is 0 Å². The number of nitrogens with one attached hydrogen (secondary N) is 3. The third kappa shape index (κ3) is 7.82. The lowest BCUT2D eigenvalue weighted by atomic mass is 9.99. The first kappa shape index (κ1) is 23.3. The Morgan fingerprint density at radius 3 is 2.57 bits per heavy atom. The van der Waals surface area contributed by atoms with Gasteiger partial charge in [0.25, 0.3) is 0 Å². The van der Waals surface area contributed by atoms with Crippen molar-refractivity contribution in [2.45, 2.75) is 51.5 Å². The molecule has 0 aliphatic carbocycles. The molecule has 3 atom stereocenters.